The Morgan fingerprint density at radius 3 is 2.47 bits per heavy atom. The summed E-state index contributed by atoms with van der Waals surface area (Å²) in [7, 11) is -4.27. The van der Waals surface area contributed by atoms with Crippen molar-refractivity contribution in [1.29, 1.82) is 0 Å². The molecular weight excluding hydrogens is 618 g/mol. The molecule has 1 atom stereocenters. The summed E-state index contributed by atoms with van der Waals surface area (Å²) in [6.07, 6.45) is 0.209. The van der Waals surface area contributed by atoms with Crippen LogP contribution in [0.15, 0.2) is 70.6 Å². The van der Waals surface area contributed by atoms with E-state index in [1.165, 1.54) is 32.0 Å². The molecule has 5 rings (SSSR count). The van der Waals surface area contributed by atoms with Crippen LogP contribution in [0.2, 0.25) is 5.02 Å². The van der Waals surface area contributed by atoms with Gasteiger partial charge < -0.3 is 15.4 Å². The van der Waals surface area contributed by atoms with Gasteiger partial charge >= 0.3 is 6.03 Å². The summed E-state index contributed by atoms with van der Waals surface area (Å²) < 4.78 is 35.2. The molecular formula is C32H34ClN5O6S. The lowest BCUT2D eigenvalue weighted by Crippen LogP contribution is -2.59. The van der Waals surface area contributed by atoms with Crippen molar-refractivity contribution in [2.24, 2.45) is 4.99 Å². The first-order valence-electron chi connectivity index (χ1n) is 14.3. The Morgan fingerprint density at radius 1 is 1.04 bits per heavy atom. The van der Waals surface area contributed by atoms with Crippen LogP contribution in [0.3, 0.4) is 0 Å². The standard InChI is InChI=1S/C32H34ClN5O6S/c1-19-11-14-25(21(3)17-19)44-16-8-15-37-28(34-23-9-6-7-10-26(23)45(37,42)43)27(38-30(40)32(4,5)36-31(38)41)29(39)35-24-18-22(33)13-12-20(24)2/h6-7,9-14,17-18,27H,8,15-16H2,1-5H3,(H,35,39)(H,36,41). The lowest BCUT2D eigenvalue weighted by atomic mass is 10.0. The predicted molar refractivity (Wildman–Crippen MR) is 172 cm³/mol. The van der Waals surface area contributed by atoms with Gasteiger partial charge in [-0.15, -0.1) is 0 Å². The van der Waals surface area contributed by atoms with Gasteiger partial charge in [0.15, 0.2) is 11.9 Å². The quantitative estimate of drug-likeness (QED) is 0.244. The van der Waals surface area contributed by atoms with Gasteiger partial charge in [-0.1, -0.05) is 47.5 Å². The maximum absolute atomic E-state index is 14.2. The van der Waals surface area contributed by atoms with E-state index in [9.17, 15) is 22.8 Å². The fraction of sp³-hybridized carbons (Fsp3) is 0.312. The minimum absolute atomic E-state index is 0.0635. The summed E-state index contributed by atoms with van der Waals surface area (Å²) in [5, 5.41) is 5.67. The predicted octanol–water partition coefficient (Wildman–Crippen LogP) is 5.11. The summed E-state index contributed by atoms with van der Waals surface area (Å²) in [5.74, 6) is -1.19. The number of carbonyl (C=O) groups excluding carboxylic acids is 3. The fourth-order valence-electron chi connectivity index (χ4n) is 5.26. The van der Waals surface area contributed by atoms with Crippen LogP contribution in [-0.2, 0) is 19.6 Å². The van der Waals surface area contributed by atoms with E-state index < -0.39 is 39.4 Å². The molecule has 3 aromatic rings. The van der Waals surface area contributed by atoms with Crippen LogP contribution in [0.1, 0.15) is 37.0 Å². The highest BCUT2D eigenvalue weighted by Crippen LogP contribution is 2.35. The number of hydrogen-bond acceptors (Lipinski definition) is 7. The van der Waals surface area contributed by atoms with Crippen LogP contribution in [0, 0.1) is 20.8 Å². The van der Waals surface area contributed by atoms with Gasteiger partial charge in [0.2, 0.25) is 0 Å². The first kappa shape index (κ1) is 32.0. The van der Waals surface area contributed by atoms with Crippen molar-refractivity contribution in [2.75, 3.05) is 18.5 Å². The number of rotatable bonds is 9. The largest absolute Gasteiger partial charge is 0.493 e. The SMILES string of the molecule is Cc1ccc(OCCCN2C(C(C(=O)Nc3cc(Cl)ccc3C)N3C(=O)NC(C)(C)C3=O)=Nc3ccccc3S2(=O)=O)c(C)c1. The number of para-hydroxylation sites is 1. The van der Waals surface area contributed by atoms with E-state index in [4.69, 9.17) is 16.3 Å². The minimum atomic E-state index is -4.27. The summed E-state index contributed by atoms with van der Waals surface area (Å²) in [6.45, 7) is 8.65. The molecule has 11 nitrogen and oxygen atoms in total. The molecule has 0 radical (unpaired) electrons. The van der Waals surface area contributed by atoms with E-state index in [1.54, 1.807) is 31.2 Å². The van der Waals surface area contributed by atoms with E-state index in [-0.39, 0.29) is 36.0 Å². The van der Waals surface area contributed by atoms with Crippen LogP contribution < -0.4 is 15.4 Å². The number of aryl methyl sites for hydroxylation is 3. The minimum Gasteiger partial charge on any atom is -0.493 e. The maximum atomic E-state index is 14.2. The molecule has 4 amide bonds. The number of carbonyl (C=O) groups is 3. The Kier molecular flexibility index (Phi) is 8.65. The number of imide groups is 1. The third kappa shape index (κ3) is 6.25. The molecule has 2 aliphatic rings. The maximum Gasteiger partial charge on any atom is 0.326 e. The average molecular weight is 652 g/mol. The Labute approximate surface area is 267 Å². The molecule has 0 bridgehead atoms. The van der Waals surface area contributed by atoms with Crippen LogP contribution in [0.5, 0.6) is 5.75 Å². The third-order valence-corrected chi connectivity index (χ3v) is 9.70. The highest BCUT2D eigenvalue weighted by atomic mass is 35.5. The second-order valence-electron chi connectivity index (χ2n) is 11.6. The molecule has 1 saturated heterocycles. The van der Waals surface area contributed by atoms with Crippen molar-refractivity contribution in [1.82, 2.24) is 14.5 Å². The number of hydrogen-bond donors (Lipinski definition) is 2. The molecule has 0 aromatic heterocycles. The van der Waals surface area contributed by atoms with Gasteiger partial charge in [-0.2, -0.15) is 0 Å². The molecule has 1 unspecified atom stereocenters. The Bertz CT molecular complexity index is 1840. The molecule has 2 heterocycles. The zero-order valence-corrected chi connectivity index (χ0v) is 27.1. The van der Waals surface area contributed by atoms with Crippen LogP contribution >= 0.6 is 11.6 Å². The zero-order chi connectivity index (χ0) is 32.7. The van der Waals surface area contributed by atoms with E-state index in [0.717, 1.165) is 20.3 Å². The monoisotopic (exact) mass is 651 g/mol. The number of nitrogens with zero attached hydrogens (tertiary/aromatic N) is 3. The number of amides is 4. The number of sulfonamides is 1. The molecule has 0 aliphatic carbocycles. The van der Waals surface area contributed by atoms with Gasteiger partial charge in [0, 0.05) is 23.7 Å². The van der Waals surface area contributed by atoms with Crippen LogP contribution in [0.25, 0.3) is 0 Å². The smallest absolute Gasteiger partial charge is 0.326 e. The molecule has 236 valence electrons. The van der Waals surface area contributed by atoms with E-state index in [0.29, 0.717) is 22.0 Å². The Morgan fingerprint density at radius 2 is 1.78 bits per heavy atom. The molecule has 2 aliphatic heterocycles. The topological polar surface area (TPSA) is 137 Å². The van der Waals surface area contributed by atoms with Crippen molar-refractivity contribution in [3.63, 3.8) is 0 Å². The highest BCUT2D eigenvalue weighted by molar-refractivity contribution is 7.90. The van der Waals surface area contributed by atoms with Gasteiger partial charge in [0.1, 0.15) is 16.2 Å². The van der Waals surface area contributed by atoms with Gasteiger partial charge in [-0.3, -0.25) is 13.9 Å². The van der Waals surface area contributed by atoms with Gasteiger partial charge in [0.25, 0.3) is 21.8 Å². The molecule has 2 N–H and O–H groups in total. The second-order valence-corrected chi connectivity index (χ2v) is 13.8. The van der Waals surface area contributed by atoms with Crippen LogP contribution in [-0.4, -0.2) is 66.0 Å². The molecule has 3 aromatic carbocycles. The lowest BCUT2D eigenvalue weighted by molar-refractivity contribution is -0.134. The fourth-order valence-corrected chi connectivity index (χ4v) is 7.06. The van der Waals surface area contributed by atoms with Gasteiger partial charge in [-0.05, 0) is 76.1 Å². The average Bonchev–Trinajstić information content (AvgIpc) is 3.17. The molecule has 13 heteroatoms. The van der Waals surface area contributed by atoms with Crippen molar-refractivity contribution < 1.29 is 27.5 Å². The summed E-state index contributed by atoms with van der Waals surface area (Å²) >= 11 is 6.19. The van der Waals surface area contributed by atoms with Gasteiger partial charge in [0.05, 0.1) is 12.3 Å². The van der Waals surface area contributed by atoms with Crippen molar-refractivity contribution in [3.05, 3.63) is 82.4 Å². The van der Waals surface area contributed by atoms with Crippen LogP contribution in [0.4, 0.5) is 16.2 Å². The number of fused-ring (bicyclic) bond motifs is 1. The molecule has 0 spiro atoms. The summed E-state index contributed by atoms with van der Waals surface area (Å²) in [6, 6.07) is 14.1. The number of nitrogens with one attached hydrogen (secondary N) is 2. The number of amidine groups is 1. The summed E-state index contributed by atoms with van der Waals surface area (Å²) in [4.78, 5) is 46.3. The number of benzene rings is 3. The van der Waals surface area contributed by atoms with Crippen molar-refractivity contribution >= 4 is 56.7 Å². The van der Waals surface area contributed by atoms with Gasteiger partial charge in [-0.25, -0.2) is 23.1 Å². The van der Waals surface area contributed by atoms with Crippen molar-refractivity contribution in [2.45, 2.75) is 57.5 Å². The lowest BCUT2D eigenvalue weighted by Gasteiger charge is -2.35. The van der Waals surface area contributed by atoms with E-state index in [2.05, 4.69) is 15.6 Å². The Balaban J connectivity index is 1.56. The second kappa shape index (κ2) is 12.2. The van der Waals surface area contributed by atoms with Crippen molar-refractivity contribution in [3.8, 4) is 5.75 Å². The molecule has 1 fully saturated rings. The summed E-state index contributed by atoms with van der Waals surface area (Å²) in [5.41, 5.74) is 1.74. The number of urea groups is 1. The van der Waals surface area contributed by atoms with E-state index in [1.807, 2.05) is 32.0 Å². The number of halogens is 1. The first-order valence-corrected chi connectivity index (χ1v) is 16.2. The number of ether oxygens (including phenoxy) is 1. The zero-order valence-electron chi connectivity index (χ0n) is 25.5. The highest BCUT2D eigenvalue weighted by Gasteiger charge is 2.53. The molecule has 45 heavy (non-hydrogen) atoms. The number of anilines is 1. The normalized spacial score (nSPS) is 17.3. The first-order chi connectivity index (χ1) is 21.2. The van der Waals surface area contributed by atoms with E-state index >= 15 is 0 Å². The Hall–Kier alpha value is -4.42. The molecule has 0 saturated carbocycles. The number of aliphatic imine (C=N–C) groups is 1. The third-order valence-electron chi connectivity index (χ3n) is 7.62.